The van der Waals surface area contributed by atoms with Crippen molar-refractivity contribution >= 4 is 28.9 Å². The molecule has 0 aliphatic rings. The maximum atomic E-state index is 11.5. The van der Waals surface area contributed by atoms with Gasteiger partial charge in [0.25, 0.3) is 0 Å². The van der Waals surface area contributed by atoms with Crippen molar-refractivity contribution in [2.75, 3.05) is 6.61 Å². The van der Waals surface area contributed by atoms with Gasteiger partial charge in [0, 0.05) is 6.20 Å². The lowest BCUT2D eigenvalue weighted by Crippen LogP contribution is -2.05. The summed E-state index contributed by atoms with van der Waals surface area (Å²) >= 11 is 7.17. The third kappa shape index (κ3) is 2.62. The number of hydrogen-bond acceptors (Lipinski definition) is 5. The molecule has 2 aromatic heterocycles. The van der Waals surface area contributed by atoms with Gasteiger partial charge < -0.3 is 4.74 Å². The molecule has 4 nitrogen and oxygen atoms in total. The molecule has 2 heterocycles. The van der Waals surface area contributed by atoms with Gasteiger partial charge in [-0.15, -0.1) is 0 Å². The first-order chi connectivity index (χ1) is 8.22. The van der Waals surface area contributed by atoms with Crippen LogP contribution in [0.1, 0.15) is 17.4 Å². The molecule has 2 aromatic rings. The molecule has 0 saturated carbocycles. The number of ether oxygens (including phenoxy) is 1. The molecule has 0 aromatic carbocycles. The van der Waals surface area contributed by atoms with Crippen LogP contribution in [0.15, 0.2) is 24.4 Å². The fraction of sp³-hybridized carbons (Fsp3) is 0.182. The summed E-state index contributed by atoms with van der Waals surface area (Å²) in [5.41, 5.74) is 0.842. The smallest absolute Gasteiger partial charge is 0.359 e. The highest BCUT2D eigenvalue weighted by Crippen LogP contribution is 2.30. The van der Waals surface area contributed by atoms with E-state index in [1.54, 1.807) is 13.1 Å². The molecule has 0 amide bonds. The molecular formula is C11H9ClN2O2S. The molecule has 0 spiro atoms. The Morgan fingerprint density at radius 3 is 3.00 bits per heavy atom. The van der Waals surface area contributed by atoms with Crippen molar-refractivity contribution in [3.63, 3.8) is 0 Å². The largest absolute Gasteiger partial charge is 0.461 e. The Bertz CT molecular complexity index is 528. The normalized spacial score (nSPS) is 10.2. The van der Waals surface area contributed by atoms with Gasteiger partial charge in [-0.25, -0.2) is 9.78 Å². The van der Waals surface area contributed by atoms with Crippen molar-refractivity contribution < 1.29 is 9.53 Å². The number of esters is 1. The molecule has 2 rings (SSSR count). The third-order valence-corrected chi connectivity index (χ3v) is 3.22. The van der Waals surface area contributed by atoms with E-state index in [1.807, 2.05) is 18.2 Å². The number of pyridine rings is 1. The van der Waals surface area contributed by atoms with E-state index < -0.39 is 5.97 Å². The topological polar surface area (TPSA) is 52.1 Å². The molecule has 17 heavy (non-hydrogen) atoms. The van der Waals surface area contributed by atoms with Crippen molar-refractivity contribution in [1.82, 2.24) is 9.97 Å². The van der Waals surface area contributed by atoms with Crippen LogP contribution < -0.4 is 0 Å². The van der Waals surface area contributed by atoms with Crippen LogP contribution in [-0.4, -0.2) is 22.5 Å². The average molecular weight is 269 g/mol. The van der Waals surface area contributed by atoms with Crippen LogP contribution in [0.5, 0.6) is 0 Å². The predicted molar refractivity (Wildman–Crippen MR) is 66.3 cm³/mol. The minimum atomic E-state index is -0.504. The first kappa shape index (κ1) is 12.0. The first-order valence-corrected chi connectivity index (χ1v) is 6.16. The lowest BCUT2D eigenvalue weighted by atomic mass is 10.4. The summed E-state index contributed by atoms with van der Waals surface area (Å²) in [4.78, 5) is 19.8. The number of carbonyl (C=O) groups is 1. The fourth-order valence-corrected chi connectivity index (χ4v) is 2.32. The lowest BCUT2D eigenvalue weighted by Gasteiger charge is -1.97. The van der Waals surface area contributed by atoms with Crippen LogP contribution in [0.25, 0.3) is 10.7 Å². The number of nitrogens with zero attached hydrogens (tertiary/aromatic N) is 2. The zero-order valence-corrected chi connectivity index (χ0v) is 10.6. The van der Waals surface area contributed by atoms with E-state index in [0.717, 1.165) is 0 Å². The van der Waals surface area contributed by atoms with E-state index in [-0.39, 0.29) is 5.69 Å². The van der Waals surface area contributed by atoms with Crippen molar-refractivity contribution in [3.05, 3.63) is 34.4 Å². The molecule has 0 radical (unpaired) electrons. The van der Waals surface area contributed by atoms with E-state index in [0.29, 0.717) is 21.6 Å². The van der Waals surface area contributed by atoms with Crippen molar-refractivity contribution in [1.29, 1.82) is 0 Å². The first-order valence-electron chi connectivity index (χ1n) is 4.97. The number of carbonyl (C=O) groups excluding carboxylic acids is 1. The van der Waals surface area contributed by atoms with Gasteiger partial charge in [0.15, 0.2) is 5.69 Å². The molecule has 0 aliphatic carbocycles. The van der Waals surface area contributed by atoms with Gasteiger partial charge in [-0.3, -0.25) is 4.98 Å². The molecule has 0 aliphatic heterocycles. The molecule has 0 N–H and O–H groups in total. The SMILES string of the molecule is CCOC(=O)c1nc(-c2ccccn2)sc1Cl. The van der Waals surface area contributed by atoms with Gasteiger partial charge >= 0.3 is 5.97 Å². The van der Waals surface area contributed by atoms with Gasteiger partial charge in [-0.2, -0.15) is 0 Å². The number of hydrogen-bond donors (Lipinski definition) is 0. The summed E-state index contributed by atoms with van der Waals surface area (Å²) in [5, 5.41) is 0.610. The highest BCUT2D eigenvalue weighted by Gasteiger charge is 2.18. The lowest BCUT2D eigenvalue weighted by molar-refractivity contribution is 0.0520. The summed E-state index contributed by atoms with van der Waals surface area (Å²) in [6.45, 7) is 2.03. The quantitative estimate of drug-likeness (QED) is 0.803. The Hall–Kier alpha value is -1.46. The number of rotatable bonds is 3. The monoisotopic (exact) mass is 268 g/mol. The van der Waals surface area contributed by atoms with Crippen molar-refractivity contribution in [2.24, 2.45) is 0 Å². The average Bonchev–Trinajstić information content (AvgIpc) is 2.73. The molecule has 6 heteroatoms. The van der Waals surface area contributed by atoms with Gasteiger partial charge in [0.1, 0.15) is 9.34 Å². The van der Waals surface area contributed by atoms with Crippen LogP contribution >= 0.6 is 22.9 Å². The van der Waals surface area contributed by atoms with E-state index >= 15 is 0 Å². The van der Waals surface area contributed by atoms with Crippen molar-refractivity contribution in [2.45, 2.75) is 6.92 Å². The van der Waals surface area contributed by atoms with Crippen LogP contribution in [0, 0.1) is 0 Å². The number of aromatic nitrogens is 2. The van der Waals surface area contributed by atoms with E-state index in [2.05, 4.69) is 9.97 Å². The minimum absolute atomic E-state index is 0.152. The van der Waals surface area contributed by atoms with E-state index in [1.165, 1.54) is 11.3 Å². The maximum Gasteiger partial charge on any atom is 0.359 e. The molecule has 88 valence electrons. The summed E-state index contributed by atoms with van der Waals surface area (Å²) in [6.07, 6.45) is 1.66. The van der Waals surface area contributed by atoms with Crippen molar-refractivity contribution in [3.8, 4) is 10.7 Å². The maximum absolute atomic E-state index is 11.5. The molecule has 0 atom stereocenters. The second kappa shape index (κ2) is 5.25. The van der Waals surface area contributed by atoms with E-state index in [4.69, 9.17) is 16.3 Å². The zero-order chi connectivity index (χ0) is 12.3. The molecule has 0 fully saturated rings. The Balaban J connectivity index is 2.34. The van der Waals surface area contributed by atoms with Gasteiger partial charge in [0.2, 0.25) is 0 Å². The zero-order valence-electron chi connectivity index (χ0n) is 9.01. The van der Waals surface area contributed by atoms with Crippen LogP contribution in [0.3, 0.4) is 0 Å². The Morgan fingerprint density at radius 1 is 1.53 bits per heavy atom. The second-order valence-corrected chi connectivity index (χ2v) is 4.68. The summed E-state index contributed by atoms with van der Waals surface area (Å²) in [7, 11) is 0. The Morgan fingerprint density at radius 2 is 2.35 bits per heavy atom. The molecule has 0 saturated heterocycles. The Kier molecular flexibility index (Phi) is 3.71. The predicted octanol–water partition coefficient (Wildman–Crippen LogP) is 3.04. The summed E-state index contributed by atoms with van der Waals surface area (Å²) < 4.78 is 5.18. The van der Waals surface area contributed by atoms with Gasteiger partial charge in [-0.05, 0) is 19.1 Å². The highest BCUT2D eigenvalue weighted by molar-refractivity contribution is 7.19. The standard InChI is InChI=1S/C11H9ClN2O2S/c1-2-16-11(15)8-9(12)17-10(14-8)7-5-3-4-6-13-7/h3-6H,2H2,1H3. The Labute approximate surface area is 107 Å². The van der Waals surface area contributed by atoms with E-state index in [9.17, 15) is 4.79 Å². The van der Waals surface area contributed by atoms with Gasteiger partial charge in [0.05, 0.1) is 12.3 Å². The minimum Gasteiger partial charge on any atom is -0.461 e. The summed E-state index contributed by atoms with van der Waals surface area (Å²) in [6, 6.07) is 5.47. The van der Waals surface area contributed by atoms with Gasteiger partial charge in [-0.1, -0.05) is 29.0 Å². The number of halogens is 1. The number of thiazole rings is 1. The van der Waals surface area contributed by atoms with Crippen LogP contribution in [-0.2, 0) is 4.74 Å². The third-order valence-electron chi connectivity index (χ3n) is 1.94. The van der Waals surface area contributed by atoms with Crippen LogP contribution in [0.4, 0.5) is 0 Å². The fourth-order valence-electron chi connectivity index (χ4n) is 1.23. The molecular weight excluding hydrogens is 260 g/mol. The second-order valence-electron chi connectivity index (χ2n) is 3.08. The molecule has 0 bridgehead atoms. The van der Waals surface area contributed by atoms with Crippen LogP contribution in [0.2, 0.25) is 4.34 Å². The summed E-state index contributed by atoms with van der Waals surface area (Å²) in [5.74, 6) is -0.504. The highest BCUT2D eigenvalue weighted by atomic mass is 35.5. The molecule has 0 unspecified atom stereocenters.